The zero-order chi connectivity index (χ0) is 24.6. The summed E-state index contributed by atoms with van der Waals surface area (Å²) in [7, 11) is 1.49. The summed E-state index contributed by atoms with van der Waals surface area (Å²) < 4.78 is 33.7. The van der Waals surface area contributed by atoms with Crippen molar-refractivity contribution in [3.8, 4) is 5.88 Å². The lowest BCUT2D eigenvalue weighted by atomic mass is 9.81. The van der Waals surface area contributed by atoms with Crippen LogP contribution in [0.2, 0.25) is 0 Å². The molecule has 0 radical (unpaired) electrons. The molecule has 3 aromatic rings. The van der Waals surface area contributed by atoms with Gasteiger partial charge >= 0.3 is 0 Å². The number of aromatic nitrogens is 4. The average molecular weight is 498 g/mol. The lowest BCUT2D eigenvalue weighted by Crippen LogP contribution is -2.40. The number of nitrogens with zero attached hydrogens (tertiary/aromatic N) is 7. The van der Waals surface area contributed by atoms with E-state index in [1.54, 1.807) is 6.07 Å². The van der Waals surface area contributed by atoms with E-state index in [0.29, 0.717) is 46.2 Å². The number of ether oxygens (including phenoxy) is 1. The van der Waals surface area contributed by atoms with Crippen LogP contribution in [0.1, 0.15) is 11.3 Å². The Labute approximate surface area is 203 Å². The van der Waals surface area contributed by atoms with E-state index in [2.05, 4.69) is 24.9 Å². The van der Waals surface area contributed by atoms with Gasteiger partial charge in [0.25, 0.3) is 0 Å². The third-order valence-corrected chi connectivity index (χ3v) is 6.90. The SMILES string of the molecule is COc1cnc(C(N)=Nc2ccc(F)c([C@]34CN(c5ncc(F)cn5)C[C@H]3CSC(N)=N4)c2)cn1. The number of methoxy groups -OCH3 is 1. The van der Waals surface area contributed by atoms with Gasteiger partial charge in [-0.15, -0.1) is 0 Å². The Bertz CT molecular complexity index is 1300. The molecule has 2 aliphatic heterocycles. The van der Waals surface area contributed by atoms with Gasteiger partial charge in [0.15, 0.2) is 16.8 Å². The second-order valence-corrected chi connectivity index (χ2v) is 9.11. The summed E-state index contributed by atoms with van der Waals surface area (Å²) >= 11 is 1.41. The molecule has 1 fully saturated rings. The highest BCUT2D eigenvalue weighted by molar-refractivity contribution is 8.13. The van der Waals surface area contributed by atoms with Crippen LogP contribution in [-0.4, -0.2) is 56.9 Å². The number of benzene rings is 1. The Kier molecular flexibility index (Phi) is 5.93. The molecule has 0 aliphatic carbocycles. The van der Waals surface area contributed by atoms with Gasteiger partial charge in [0, 0.05) is 23.8 Å². The molecule has 180 valence electrons. The summed E-state index contributed by atoms with van der Waals surface area (Å²) in [5, 5.41) is 0.365. The van der Waals surface area contributed by atoms with Gasteiger partial charge in [-0.2, -0.15) is 0 Å². The smallest absolute Gasteiger partial charge is 0.232 e. The standard InChI is InChI=1S/C22H21F2N9OS/c1-34-18-8-27-17(7-28-18)19(25)31-14-2-3-16(24)15(4-14)22-11-33(21-29-5-13(23)6-30-21)9-12(22)10-35-20(26)32-22/h2-8,12H,9-11H2,1H3,(H2,25,31)(H2,26,32)/t12-,22-/m0/s1. The second-order valence-electron chi connectivity index (χ2n) is 8.07. The largest absolute Gasteiger partial charge is 0.480 e. The fourth-order valence-corrected chi connectivity index (χ4v) is 5.27. The van der Waals surface area contributed by atoms with Crippen LogP contribution in [0.3, 0.4) is 0 Å². The quantitative estimate of drug-likeness (QED) is 0.400. The minimum Gasteiger partial charge on any atom is -0.480 e. The molecule has 0 unspecified atom stereocenters. The number of hydrogen-bond donors (Lipinski definition) is 2. The van der Waals surface area contributed by atoms with Crippen LogP contribution in [-0.2, 0) is 5.54 Å². The molecule has 5 rings (SSSR count). The number of anilines is 1. The van der Waals surface area contributed by atoms with Crippen molar-refractivity contribution in [3.63, 3.8) is 0 Å². The van der Waals surface area contributed by atoms with Crippen molar-refractivity contribution in [2.45, 2.75) is 5.54 Å². The zero-order valence-corrected chi connectivity index (χ0v) is 19.4. The van der Waals surface area contributed by atoms with Gasteiger partial charge in [0.05, 0.1) is 44.1 Å². The maximum atomic E-state index is 15.3. The molecule has 10 nitrogen and oxygen atoms in total. The van der Waals surface area contributed by atoms with Crippen LogP contribution in [0.15, 0.2) is 53.0 Å². The van der Waals surface area contributed by atoms with E-state index in [1.165, 1.54) is 43.4 Å². The van der Waals surface area contributed by atoms with E-state index in [1.807, 2.05) is 4.90 Å². The third kappa shape index (κ3) is 4.34. The Hall–Kier alpha value is -3.87. The van der Waals surface area contributed by atoms with Gasteiger partial charge in [0.1, 0.15) is 17.1 Å². The van der Waals surface area contributed by atoms with Crippen molar-refractivity contribution in [1.29, 1.82) is 0 Å². The van der Waals surface area contributed by atoms with Crippen molar-refractivity contribution in [3.05, 3.63) is 65.9 Å². The van der Waals surface area contributed by atoms with E-state index in [9.17, 15) is 4.39 Å². The summed E-state index contributed by atoms with van der Waals surface area (Å²) in [5.74, 6) is 0.362. The number of nitrogens with two attached hydrogens (primary N) is 2. The van der Waals surface area contributed by atoms with Crippen molar-refractivity contribution in [2.24, 2.45) is 27.4 Å². The van der Waals surface area contributed by atoms with Crippen LogP contribution in [0.5, 0.6) is 5.88 Å². The predicted octanol–water partition coefficient (Wildman–Crippen LogP) is 1.98. The summed E-state index contributed by atoms with van der Waals surface area (Å²) in [4.78, 5) is 27.4. The van der Waals surface area contributed by atoms with E-state index in [4.69, 9.17) is 21.2 Å². The first-order valence-corrected chi connectivity index (χ1v) is 11.6. The molecule has 1 aromatic carbocycles. The fourth-order valence-electron chi connectivity index (χ4n) is 4.28. The maximum absolute atomic E-state index is 15.3. The highest BCUT2D eigenvalue weighted by Crippen LogP contribution is 2.47. The van der Waals surface area contributed by atoms with Crippen LogP contribution >= 0.6 is 11.8 Å². The van der Waals surface area contributed by atoms with Crippen LogP contribution in [0, 0.1) is 17.6 Å². The molecule has 35 heavy (non-hydrogen) atoms. The summed E-state index contributed by atoms with van der Waals surface area (Å²) in [6, 6.07) is 4.47. The molecule has 0 amide bonds. The molecule has 2 atom stereocenters. The minimum absolute atomic E-state index is 0.0908. The molecule has 4 heterocycles. The van der Waals surface area contributed by atoms with E-state index >= 15 is 4.39 Å². The summed E-state index contributed by atoms with van der Waals surface area (Å²) in [6.45, 7) is 0.778. The zero-order valence-electron chi connectivity index (χ0n) is 18.6. The van der Waals surface area contributed by atoms with Gasteiger partial charge in [0.2, 0.25) is 11.8 Å². The Balaban J connectivity index is 1.53. The maximum Gasteiger partial charge on any atom is 0.232 e. The molecular formula is C22H21F2N9OS. The minimum atomic E-state index is -0.989. The van der Waals surface area contributed by atoms with E-state index in [-0.39, 0.29) is 18.3 Å². The van der Waals surface area contributed by atoms with Crippen molar-refractivity contribution < 1.29 is 13.5 Å². The lowest BCUT2D eigenvalue weighted by Gasteiger charge is -2.34. The highest BCUT2D eigenvalue weighted by Gasteiger charge is 2.52. The van der Waals surface area contributed by atoms with Crippen molar-refractivity contribution >= 4 is 34.4 Å². The second kappa shape index (κ2) is 9.06. The summed E-state index contributed by atoms with van der Waals surface area (Å²) in [5.41, 5.74) is 12.4. The summed E-state index contributed by atoms with van der Waals surface area (Å²) in [6.07, 6.45) is 5.07. The normalized spacial score (nSPS) is 22.0. The topological polar surface area (TPSA) is 141 Å². The molecule has 0 bridgehead atoms. The Morgan fingerprint density at radius 1 is 1.17 bits per heavy atom. The molecule has 2 aromatic heterocycles. The van der Waals surface area contributed by atoms with Crippen LogP contribution < -0.4 is 21.1 Å². The Morgan fingerprint density at radius 3 is 2.69 bits per heavy atom. The molecular weight excluding hydrogens is 476 g/mol. The van der Waals surface area contributed by atoms with Gasteiger partial charge in [-0.3, -0.25) is 0 Å². The molecule has 4 N–H and O–H groups in total. The number of aliphatic imine (C=N–C) groups is 2. The predicted molar refractivity (Wildman–Crippen MR) is 129 cm³/mol. The lowest BCUT2D eigenvalue weighted by molar-refractivity contribution is 0.371. The van der Waals surface area contributed by atoms with Crippen LogP contribution in [0.4, 0.5) is 20.4 Å². The van der Waals surface area contributed by atoms with Crippen LogP contribution in [0.25, 0.3) is 0 Å². The first-order valence-electron chi connectivity index (χ1n) is 10.6. The molecule has 0 spiro atoms. The van der Waals surface area contributed by atoms with Crippen molar-refractivity contribution in [1.82, 2.24) is 19.9 Å². The first kappa shape index (κ1) is 22.9. The van der Waals surface area contributed by atoms with E-state index < -0.39 is 17.2 Å². The highest BCUT2D eigenvalue weighted by atomic mass is 32.2. The molecule has 13 heteroatoms. The molecule has 1 saturated heterocycles. The van der Waals surface area contributed by atoms with Gasteiger partial charge < -0.3 is 21.1 Å². The molecule has 0 saturated carbocycles. The number of rotatable bonds is 5. The van der Waals surface area contributed by atoms with Crippen molar-refractivity contribution in [2.75, 3.05) is 30.9 Å². The average Bonchev–Trinajstić information content (AvgIpc) is 3.25. The van der Waals surface area contributed by atoms with Gasteiger partial charge in [-0.1, -0.05) is 11.8 Å². The van der Waals surface area contributed by atoms with Gasteiger partial charge in [-0.05, 0) is 18.2 Å². The van der Waals surface area contributed by atoms with E-state index in [0.717, 1.165) is 12.4 Å². The fraction of sp³-hybridized carbons (Fsp3) is 0.273. The van der Waals surface area contributed by atoms with Gasteiger partial charge in [-0.25, -0.2) is 38.7 Å². The first-order chi connectivity index (χ1) is 16.9. The number of amidine groups is 2. The number of halogens is 2. The number of hydrogen-bond acceptors (Lipinski definition) is 10. The number of fused-ring (bicyclic) bond motifs is 1. The monoisotopic (exact) mass is 497 g/mol. The third-order valence-electron chi connectivity index (χ3n) is 5.95. The molecule has 2 aliphatic rings. The number of thioether (sulfide) groups is 1. The Morgan fingerprint density at radius 2 is 1.97 bits per heavy atom.